The number of imidazole rings is 2. The number of anilines is 2. The van der Waals surface area contributed by atoms with Gasteiger partial charge < -0.3 is 20.6 Å². The molecule has 2 aromatic heterocycles. The highest BCUT2D eigenvalue weighted by molar-refractivity contribution is 5.74. The lowest BCUT2D eigenvalue weighted by Crippen LogP contribution is -2.10. The quantitative estimate of drug-likeness (QED) is 0.189. The van der Waals surface area contributed by atoms with Gasteiger partial charge in [0.05, 0.1) is 34.7 Å². The summed E-state index contributed by atoms with van der Waals surface area (Å²) >= 11 is 0. The summed E-state index contributed by atoms with van der Waals surface area (Å²) < 4.78 is 0. The summed E-state index contributed by atoms with van der Waals surface area (Å²) in [5, 5.41) is 6.66. The van der Waals surface area contributed by atoms with E-state index in [9.17, 15) is 0 Å². The largest absolute Gasteiger partial charge is 0.385 e. The Morgan fingerprint density at radius 3 is 1.54 bits per heavy atom. The van der Waals surface area contributed by atoms with Crippen molar-refractivity contribution < 1.29 is 0 Å². The van der Waals surface area contributed by atoms with Gasteiger partial charge in [0.25, 0.3) is 0 Å². The molecule has 4 heterocycles. The summed E-state index contributed by atoms with van der Waals surface area (Å²) in [6.45, 7) is 2.25. The van der Waals surface area contributed by atoms with Gasteiger partial charge in [0, 0.05) is 24.5 Å². The lowest BCUT2D eigenvalue weighted by atomic mass is 10.0. The van der Waals surface area contributed by atoms with Crippen LogP contribution in [0.2, 0.25) is 0 Å². The molecule has 0 bridgehead atoms. The Bertz CT molecular complexity index is 1360. The van der Waals surface area contributed by atoms with E-state index in [-0.39, 0.29) is 0 Å². The molecule has 0 atom stereocenters. The van der Waals surface area contributed by atoms with E-state index in [4.69, 9.17) is 0 Å². The zero-order valence-corrected chi connectivity index (χ0v) is 20.8. The maximum atomic E-state index is 4.06. The number of aromatic nitrogens is 4. The summed E-state index contributed by atoms with van der Waals surface area (Å²) in [7, 11) is 0. The first-order valence-corrected chi connectivity index (χ1v) is 12.8. The number of aryl methyl sites for hydroxylation is 1. The fraction of sp³-hybridized carbons (Fsp3) is 0.161. The first-order chi connectivity index (χ1) is 18.4. The molecule has 0 unspecified atom stereocenters. The van der Waals surface area contributed by atoms with E-state index in [1.54, 1.807) is 12.7 Å². The van der Waals surface area contributed by atoms with Gasteiger partial charge in [0.15, 0.2) is 0 Å². The average molecular weight is 489 g/mol. The van der Waals surface area contributed by atoms with Gasteiger partial charge in [0.1, 0.15) is 0 Å². The van der Waals surface area contributed by atoms with Gasteiger partial charge in [-0.25, -0.2) is 9.97 Å². The summed E-state index contributed by atoms with van der Waals surface area (Å²) in [5.74, 6) is 0. The number of hydrogen-bond donors (Lipinski definition) is 4. The third-order valence-electron chi connectivity index (χ3n) is 6.34. The third kappa shape index (κ3) is 6.55. The Morgan fingerprint density at radius 2 is 0.973 bits per heavy atom. The second-order valence-corrected chi connectivity index (χ2v) is 8.86. The average Bonchev–Trinajstić information content (AvgIpc) is 3.75. The minimum Gasteiger partial charge on any atom is -0.385 e. The van der Waals surface area contributed by atoms with Crippen molar-refractivity contribution in [2.24, 2.45) is 0 Å². The smallest absolute Gasteiger partial charge is 0.0931 e. The van der Waals surface area contributed by atoms with Gasteiger partial charge in [0.2, 0.25) is 0 Å². The van der Waals surface area contributed by atoms with E-state index < -0.39 is 0 Å². The number of fused-ring (bicyclic) bond motifs is 4. The fourth-order valence-corrected chi connectivity index (χ4v) is 4.41. The number of para-hydroxylation sites is 6. The minimum atomic E-state index is 1.03. The second kappa shape index (κ2) is 12.4. The van der Waals surface area contributed by atoms with Crippen molar-refractivity contribution in [3.8, 4) is 0 Å². The summed E-state index contributed by atoms with van der Waals surface area (Å²) in [5.41, 5.74) is 9.81. The minimum absolute atomic E-state index is 1.03. The predicted molar refractivity (Wildman–Crippen MR) is 154 cm³/mol. The molecule has 0 radical (unpaired) electrons. The first-order valence-electron chi connectivity index (χ1n) is 12.8. The van der Waals surface area contributed by atoms with Gasteiger partial charge in [-0.1, -0.05) is 60.7 Å². The van der Waals surface area contributed by atoms with Crippen molar-refractivity contribution in [3.63, 3.8) is 0 Å². The van der Waals surface area contributed by atoms with Crippen molar-refractivity contribution >= 4 is 33.4 Å². The fourth-order valence-electron chi connectivity index (χ4n) is 4.41. The second-order valence-electron chi connectivity index (χ2n) is 8.86. The molecule has 2 aliphatic heterocycles. The lowest BCUT2D eigenvalue weighted by Gasteiger charge is -2.16. The van der Waals surface area contributed by atoms with Gasteiger partial charge in [-0.2, -0.15) is 0 Å². The van der Waals surface area contributed by atoms with Crippen molar-refractivity contribution in [3.05, 3.63) is 121 Å². The van der Waals surface area contributed by atoms with Crippen LogP contribution in [0.4, 0.5) is 11.4 Å². The van der Waals surface area contributed by atoms with E-state index in [0.29, 0.717) is 0 Å². The molecular formula is C31H32N6. The van der Waals surface area contributed by atoms with Crippen LogP contribution in [0.5, 0.6) is 0 Å². The van der Waals surface area contributed by atoms with Crippen LogP contribution in [0.1, 0.15) is 17.5 Å². The molecular weight excluding hydrogens is 456 g/mol. The number of aromatic amines is 2. The SMILES string of the molecule is c1ccc2[nH]cnc2c1.c1ccc2[nH]cnc2c1.c1ccc2c(c1)CCCN2.c1ccc2c(c1)CCN2. The van der Waals surface area contributed by atoms with Crippen LogP contribution in [-0.4, -0.2) is 33.0 Å². The Balaban J connectivity index is 0.000000101. The number of benzene rings is 4. The molecule has 4 N–H and O–H groups in total. The first kappa shape index (κ1) is 24.1. The Kier molecular flexibility index (Phi) is 8.09. The molecule has 8 rings (SSSR count). The third-order valence-corrected chi connectivity index (χ3v) is 6.34. The molecule has 37 heavy (non-hydrogen) atoms. The van der Waals surface area contributed by atoms with Crippen LogP contribution >= 0.6 is 0 Å². The van der Waals surface area contributed by atoms with Crippen molar-refractivity contribution in [1.82, 2.24) is 19.9 Å². The molecule has 6 heteroatoms. The molecule has 6 aromatic rings. The molecule has 0 aliphatic carbocycles. The summed E-state index contributed by atoms with van der Waals surface area (Å²) in [6, 6.07) is 32.9. The molecule has 186 valence electrons. The molecule has 0 amide bonds. The standard InChI is InChI=1S/C9H11N.C8H9N.2C7H6N2/c1-2-6-9-8(4-1)5-3-7-10-9;1-2-4-8-7(3-1)5-6-9-8;2*1-2-4-7-6(3-1)8-5-9-7/h1-2,4,6,10H,3,5,7H2;1-4,9H,5-6H2;2*1-5H,(H,8,9). The maximum absolute atomic E-state index is 4.06. The van der Waals surface area contributed by atoms with Crippen LogP contribution in [0, 0.1) is 0 Å². The Hall–Kier alpha value is -4.58. The van der Waals surface area contributed by atoms with Crippen LogP contribution in [-0.2, 0) is 12.8 Å². The van der Waals surface area contributed by atoms with Crippen LogP contribution < -0.4 is 10.6 Å². The van der Waals surface area contributed by atoms with Crippen molar-refractivity contribution in [2.75, 3.05) is 23.7 Å². The van der Waals surface area contributed by atoms with E-state index >= 15 is 0 Å². The van der Waals surface area contributed by atoms with Gasteiger partial charge >= 0.3 is 0 Å². The Labute approximate surface area is 217 Å². The van der Waals surface area contributed by atoms with Crippen molar-refractivity contribution in [1.29, 1.82) is 0 Å². The van der Waals surface area contributed by atoms with Crippen molar-refractivity contribution in [2.45, 2.75) is 19.3 Å². The monoisotopic (exact) mass is 488 g/mol. The molecule has 0 spiro atoms. The normalized spacial score (nSPS) is 12.8. The van der Waals surface area contributed by atoms with Gasteiger partial charge in [-0.3, -0.25) is 0 Å². The number of nitrogens with zero attached hydrogens (tertiary/aromatic N) is 2. The molecule has 0 fully saturated rings. The van der Waals surface area contributed by atoms with Crippen LogP contribution in [0.15, 0.2) is 110 Å². The molecule has 0 saturated carbocycles. The van der Waals surface area contributed by atoms with E-state index in [1.165, 1.54) is 41.8 Å². The molecule has 0 saturated heterocycles. The highest BCUT2D eigenvalue weighted by atomic mass is 14.9. The molecule has 6 nitrogen and oxygen atoms in total. The number of rotatable bonds is 0. The molecule has 4 aromatic carbocycles. The lowest BCUT2D eigenvalue weighted by molar-refractivity contribution is 0.830. The highest BCUT2D eigenvalue weighted by Crippen LogP contribution is 2.20. The van der Waals surface area contributed by atoms with E-state index in [2.05, 4.69) is 79.1 Å². The topological polar surface area (TPSA) is 81.4 Å². The zero-order valence-electron chi connectivity index (χ0n) is 20.8. The number of nitrogens with one attached hydrogen (secondary N) is 4. The van der Waals surface area contributed by atoms with Gasteiger partial charge in [-0.15, -0.1) is 0 Å². The number of H-pyrrole nitrogens is 2. The van der Waals surface area contributed by atoms with E-state index in [1.807, 2.05) is 48.5 Å². The predicted octanol–water partition coefficient (Wildman–Crippen LogP) is 6.83. The van der Waals surface area contributed by atoms with Crippen LogP contribution in [0.3, 0.4) is 0 Å². The van der Waals surface area contributed by atoms with Gasteiger partial charge in [-0.05, 0) is 66.8 Å². The zero-order chi connectivity index (χ0) is 25.1. The summed E-state index contributed by atoms with van der Waals surface area (Å²) in [6.07, 6.45) is 7.10. The van der Waals surface area contributed by atoms with E-state index in [0.717, 1.165) is 35.2 Å². The van der Waals surface area contributed by atoms with Crippen LogP contribution in [0.25, 0.3) is 22.1 Å². The number of hydrogen-bond acceptors (Lipinski definition) is 4. The summed E-state index contributed by atoms with van der Waals surface area (Å²) in [4.78, 5) is 14.1. The molecule has 2 aliphatic rings. The Morgan fingerprint density at radius 1 is 0.486 bits per heavy atom. The maximum Gasteiger partial charge on any atom is 0.0931 e. The highest BCUT2D eigenvalue weighted by Gasteiger charge is 2.06.